The summed E-state index contributed by atoms with van der Waals surface area (Å²) in [7, 11) is 0. The zero-order chi connectivity index (χ0) is 17.8. The van der Waals surface area contributed by atoms with Crippen molar-refractivity contribution in [1.82, 2.24) is 4.90 Å². The lowest BCUT2D eigenvalue weighted by Gasteiger charge is -2.26. The van der Waals surface area contributed by atoms with Crippen molar-refractivity contribution in [3.05, 3.63) is 59.2 Å². The molecule has 0 aromatic heterocycles. The van der Waals surface area contributed by atoms with Gasteiger partial charge in [0.2, 0.25) is 0 Å². The number of anilines is 1. The quantitative estimate of drug-likeness (QED) is 0.539. The van der Waals surface area contributed by atoms with E-state index in [0.717, 1.165) is 25.0 Å². The Hall–Kier alpha value is -1.85. The van der Waals surface area contributed by atoms with E-state index in [1.807, 2.05) is 18.2 Å². The van der Waals surface area contributed by atoms with E-state index in [0.29, 0.717) is 15.8 Å². The van der Waals surface area contributed by atoms with E-state index < -0.39 is 0 Å². The van der Waals surface area contributed by atoms with Gasteiger partial charge in [-0.25, -0.2) is 0 Å². The average molecular weight is 371 g/mol. The molecule has 25 heavy (non-hydrogen) atoms. The van der Waals surface area contributed by atoms with Gasteiger partial charge in [0.1, 0.15) is 4.32 Å². The van der Waals surface area contributed by atoms with E-state index in [1.165, 1.54) is 23.0 Å². The minimum absolute atomic E-state index is 0.0311. The van der Waals surface area contributed by atoms with Gasteiger partial charge in [0, 0.05) is 30.5 Å². The molecule has 3 rings (SSSR count). The molecule has 1 saturated heterocycles. The number of amides is 1. The number of carbonyl (C=O) groups excluding carboxylic acids is 1. The highest BCUT2D eigenvalue weighted by Gasteiger charge is 2.31. The van der Waals surface area contributed by atoms with Crippen LogP contribution in [-0.2, 0) is 4.79 Å². The highest BCUT2D eigenvalue weighted by molar-refractivity contribution is 8.26. The highest BCUT2D eigenvalue weighted by atomic mass is 32.2. The number of nitrogens with zero attached hydrogens (tertiary/aromatic N) is 2. The van der Waals surface area contributed by atoms with Crippen LogP contribution in [0.1, 0.15) is 32.3 Å². The third-order valence-electron chi connectivity index (χ3n) is 4.32. The number of allylic oxidation sites excluding steroid dienone is 4. The molecule has 0 aliphatic carbocycles. The summed E-state index contributed by atoms with van der Waals surface area (Å²) in [5.74, 6) is 0.0311. The van der Waals surface area contributed by atoms with E-state index >= 15 is 0 Å². The van der Waals surface area contributed by atoms with Crippen LogP contribution in [0.2, 0.25) is 0 Å². The number of hydrogen-bond acceptors (Lipinski definition) is 4. The summed E-state index contributed by atoms with van der Waals surface area (Å²) in [4.78, 5) is 17.2. The van der Waals surface area contributed by atoms with Crippen LogP contribution < -0.4 is 4.90 Å². The molecule has 0 unspecified atom stereocenters. The van der Waals surface area contributed by atoms with Crippen molar-refractivity contribution in [3.8, 4) is 0 Å². The van der Waals surface area contributed by atoms with Crippen LogP contribution in [0.5, 0.6) is 0 Å². The van der Waals surface area contributed by atoms with Gasteiger partial charge in [-0.1, -0.05) is 61.6 Å². The number of hydrogen-bond donors (Lipinski definition) is 0. The summed E-state index contributed by atoms with van der Waals surface area (Å²) >= 11 is 6.76. The van der Waals surface area contributed by atoms with Crippen molar-refractivity contribution in [3.63, 3.8) is 0 Å². The molecule has 2 heterocycles. The molecule has 0 spiro atoms. The van der Waals surface area contributed by atoms with Crippen LogP contribution in [0.15, 0.2) is 53.6 Å². The molecular formula is C20H22N2OS2. The maximum atomic E-state index is 12.5. The van der Waals surface area contributed by atoms with Gasteiger partial charge in [0.25, 0.3) is 5.91 Å². The second-order valence-corrected chi connectivity index (χ2v) is 7.63. The number of benzene rings is 1. The topological polar surface area (TPSA) is 23.6 Å². The molecule has 1 aromatic carbocycles. The molecule has 1 aromatic rings. The SMILES string of the molecule is CCCCN1C(=O)C(=CC=C2C=CN(CC)c3ccccc32)SC1=S. The summed E-state index contributed by atoms with van der Waals surface area (Å²) in [6, 6.07) is 8.34. The molecule has 0 atom stereocenters. The first-order valence-corrected chi connectivity index (χ1v) is 9.88. The van der Waals surface area contributed by atoms with Crippen molar-refractivity contribution in [1.29, 1.82) is 0 Å². The van der Waals surface area contributed by atoms with Crippen LogP contribution >= 0.6 is 24.0 Å². The van der Waals surface area contributed by atoms with Gasteiger partial charge in [-0.15, -0.1) is 0 Å². The Kier molecular flexibility index (Phi) is 5.76. The molecule has 0 saturated carbocycles. The van der Waals surface area contributed by atoms with Crippen molar-refractivity contribution >= 4 is 45.5 Å². The van der Waals surface area contributed by atoms with Gasteiger partial charge < -0.3 is 4.90 Å². The van der Waals surface area contributed by atoms with Crippen molar-refractivity contribution in [2.75, 3.05) is 18.0 Å². The van der Waals surface area contributed by atoms with E-state index in [9.17, 15) is 4.79 Å². The fourth-order valence-electron chi connectivity index (χ4n) is 2.92. The van der Waals surface area contributed by atoms with Crippen LogP contribution in [0.4, 0.5) is 5.69 Å². The predicted octanol–water partition coefficient (Wildman–Crippen LogP) is 4.97. The molecule has 130 valence electrons. The largest absolute Gasteiger partial charge is 0.348 e. The van der Waals surface area contributed by atoms with Crippen molar-refractivity contribution in [2.45, 2.75) is 26.7 Å². The molecule has 0 N–H and O–H groups in total. The third kappa shape index (κ3) is 3.72. The third-order valence-corrected chi connectivity index (χ3v) is 5.72. The van der Waals surface area contributed by atoms with Gasteiger partial charge in [-0.05, 0) is 37.1 Å². The number of para-hydroxylation sites is 1. The first-order valence-electron chi connectivity index (χ1n) is 8.65. The summed E-state index contributed by atoms with van der Waals surface area (Å²) in [6.45, 7) is 5.89. The molecule has 0 bridgehead atoms. The smallest absolute Gasteiger partial charge is 0.266 e. The summed E-state index contributed by atoms with van der Waals surface area (Å²) < 4.78 is 0.667. The lowest BCUT2D eigenvalue weighted by molar-refractivity contribution is -0.122. The molecule has 2 aliphatic rings. The van der Waals surface area contributed by atoms with E-state index in [4.69, 9.17) is 12.2 Å². The molecule has 1 amide bonds. The van der Waals surface area contributed by atoms with Gasteiger partial charge in [-0.3, -0.25) is 9.69 Å². The predicted molar refractivity (Wildman–Crippen MR) is 111 cm³/mol. The molecule has 2 aliphatic heterocycles. The first-order chi connectivity index (χ1) is 12.2. The zero-order valence-corrected chi connectivity index (χ0v) is 16.2. The standard InChI is InChI=1S/C20H22N2OS2/c1-3-5-13-22-19(23)18(25-20(22)24)11-10-15-12-14-21(4-2)17-9-7-6-8-16(15)17/h6-12,14H,3-5,13H2,1-2H3. The second kappa shape index (κ2) is 8.02. The number of fused-ring (bicyclic) bond motifs is 1. The molecule has 5 heteroatoms. The maximum Gasteiger partial charge on any atom is 0.266 e. The number of rotatable bonds is 5. The maximum absolute atomic E-state index is 12.5. The summed E-state index contributed by atoms with van der Waals surface area (Å²) in [5, 5.41) is 0. The van der Waals surface area contributed by atoms with Crippen molar-refractivity contribution in [2.24, 2.45) is 0 Å². The second-order valence-electron chi connectivity index (χ2n) is 5.95. The van der Waals surface area contributed by atoms with Crippen LogP contribution in [0.25, 0.3) is 5.57 Å². The Balaban J connectivity index is 1.86. The molecule has 3 nitrogen and oxygen atoms in total. The highest BCUT2D eigenvalue weighted by Crippen LogP contribution is 2.34. The lowest BCUT2D eigenvalue weighted by Crippen LogP contribution is -2.28. The lowest BCUT2D eigenvalue weighted by atomic mass is 9.99. The van der Waals surface area contributed by atoms with Crippen LogP contribution in [-0.4, -0.2) is 28.2 Å². The Bertz CT molecular complexity index is 780. The normalized spacial score (nSPS) is 20.1. The van der Waals surface area contributed by atoms with E-state index in [1.54, 1.807) is 4.90 Å². The minimum Gasteiger partial charge on any atom is -0.348 e. The number of thioether (sulfide) groups is 1. The Morgan fingerprint density at radius 1 is 1.20 bits per heavy atom. The Morgan fingerprint density at radius 3 is 2.76 bits per heavy atom. The van der Waals surface area contributed by atoms with Crippen LogP contribution in [0.3, 0.4) is 0 Å². The summed E-state index contributed by atoms with van der Waals surface area (Å²) in [5.41, 5.74) is 3.49. The van der Waals surface area contributed by atoms with Gasteiger partial charge in [0.15, 0.2) is 0 Å². The fraction of sp³-hybridized carbons (Fsp3) is 0.300. The average Bonchev–Trinajstić information content (AvgIpc) is 2.91. The Morgan fingerprint density at radius 2 is 2.00 bits per heavy atom. The van der Waals surface area contributed by atoms with Crippen molar-refractivity contribution < 1.29 is 4.79 Å². The molecular weight excluding hydrogens is 348 g/mol. The number of unbranched alkanes of at least 4 members (excludes halogenated alkanes) is 1. The monoisotopic (exact) mass is 370 g/mol. The molecule has 1 fully saturated rings. The van der Waals surface area contributed by atoms with Gasteiger partial charge in [0.05, 0.1) is 4.91 Å². The fourth-order valence-corrected chi connectivity index (χ4v) is 4.17. The zero-order valence-electron chi connectivity index (χ0n) is 14.6. The van der Waals surface area contributed by atoms with Crippen LogP contribution in [0, 0.1) is 0 Å². The first kappa shape index (κ1) is 18.0. The Labute approximate surface area is 159 Å². The number of carbonyl (C=O) groups is 1. The number of thiocarbonyl (C=S) groups is 1. The van der Waals surface area contributed by atoms with Gasteiger partial charge >= 0.3 is 0 Å². The summed E-state index contributed by atoms with van der Waals surface area (Å²) in [6.07, 6.45) is 10.1. The molecule has 0 radical (unpaired) electrons. The van der Waals surface area contributed by atoms with Gasteiger partial charge in [-0.2, -0.15) is 0 Å². The minimum atomic E-state index is 0.0311. The van der Waals surface area contributed by atoms with E-state index in [-0.39, 0.29) is 5.91 Å². The van der Waals surface area contributed by atoms with E-state index in [2.05, 4.69) is 49.2 Å².